The van der Waals surface area contributed by atoms with Gasteiger partial charge in [0.25, 0.3) is 0 Å². The molecule has 1 saturated carbocycles. The van der Waals surface area contributed by atoms with Crippen molar-refractivity contribution in [2.45, 2.75) is 90.3 Å². The van der Waals surface area contributed by atoms with Gasteiger partial charge in [-0.2, -0.15) is 13.2 Å². The number of rotatable bonds is 4. The van der Waals surface area contributed by atoms with E-state index in [0.717, 1.165) is 45.1 Å². The quantitative estimate of drug-likeness (QED) is 0.471. The predicted molar refractivity (Wildman–Crippen MR) is 138 cm³/mol. The lowest BCUT2D eigenvalue weighted by atomic mass is 9.69. The fourth-order valence-electron chi connectivity index (χ4n) is 6.21. The second-order valence-corrected chi connectivity index (χ2v) is 12.3. The molecule has 0 aromatic carbocycles. The molecule has 10 heteroatoms. The molecule has 3 aliphatic rings. The fraction of sp³-hybridized carbons (Fsp3) is 0.815. The van der Waals surface area contributed by atoms with Crippen LogP contribution in [0.25, 0.3) is 0 Å². The van der Waals surface area contributed by atoms with Crippen LogP contribution in [-0.4, -0.2) is 66.3 Å². The normalized spacial score (nSPS) is 22.7. The minimum absolute atomic E-state index is 0.111. The summed E-state index contributed by atoms with van der Waals surface area (Å²) in [5.74, 6) is -0.337. The monoisotopic (exact) mass is 525 g/mol. The second kappa shape index (κ2) is 10.8. The van der Waals surface area contributed by atoms with Crippen molar-refractivity contribution >= 4 is 17.7 Å². The number of alkyl halides is 3. The number of carbonyl (C=O) groups is 1. The van der Waals surface area contributed by atoms with Gasteiger partial charge in [0.1, 0.15) is 17.2 Å². The Bertz CT molecular complexity index is 937. The van der Waals surface area contributed by atoms with Crippen LogP contribution in [0.2, 0.25) is 0 Å². The minimum Gasteiger partial charge on any atom is -0.444 e. The van der Waals surface area contributed by atoms with Crippen LogP contribution in [-0.2, 0) is 10.9 Å². The molecule has 37 heavy (non-hydrogen) atoms. The van der Waals surface area contributed by atoms with E-state index in [4.69, 9.17) is 4.74 Å². The average Bonchev–Trinajstić information content (AvgIpc) is 2.83. The Hall–Kier alpha value is -2.26. The molecule has 208 valence electrons. The zero-order valence-electron chi connectivity index (χ0n) is 22.7. The van der Waals surface area contributed by atoms with E-state index in [1.165, 1.54) is 19.3 Å². The third kappa shape index (κ3) is 7.19. The number of aromatic nitrogens is 2. The zero-order chi connectivity index (χ0) is 26.8. The molecule has 1 aromatic rings. The summed E-state index contributed by atoms with van der Waals surface area (Å²) in [6, 6.07) is 1.71. The molecule has 3 fully saturated rings. The highest BCUT2D eigenvalue weighted by Gasteiger charge is 2.40. The molecule has 1 aliphatic carbocycles. The largest absolute Gasteiger partial charge is 0.451 e. The summed E-state index contributed by atoms with van der Waals surface area (Å²) < 4.78 is 47.0. The zero-order valence-corrected chi connectivity index (χ0v) is 22.7. The number of amides is 1. The number of piperidine rings is 2. The van der Waals surface area contributed by atoms with Crippen LogP contribution in [0.4, 0.5) is 29.6 Å². The summed E-state index contributed by atoms with van der Waals surface area (Å²) in [7, 11) is 1.78. The first-order chi connectivity index (χ1) is 17.3. The summed E-state index contributed by atoms with van der Waals surface area (Å²) in [4.78, 5) is 26.0. The third-order valence-corrected chi connectivity index (χ3v) is 7.95. The minimum atomic E-state index is -4.62. The molecule has 4 rings (SSSR count). The molecule has 1 unspecified atom stereocenters. The van der Waals surface area contributed by atoms with Crippen molar-refractivity contribution in [3.05, 3.63) is 11.9 Å². The topological polar surface area (TPSA) is 61.8 Å². The summed E-state index contributed by atoms with van der Waals surface area (Å²) >= 11 is 0. The van der Waals surface area contributed by atoms with Crippen LogP contribution in [0.3, 0.4) is 0 Å². The van der Waals surface area contributed by atoms with Gasteiger partial charge in [0.15, 0.2) is 0 Å². The van der Waals surface area contributed by atoms with E-state index >= 15 is 0 Å². The lowest BCUT2D eigenvalue weighted by Gasteiger charge is -2.46. The van der Waals surface area contributed by atoms with Gasteiger partial charge in [0.2, 0.25) is 5.82 Å². The third-order valence-electron chi connectivity index (χ3n) is 7.95. The van der Waals surface area contributed by atoms with Crippen molar-refractivity contribution in [3.63, 3.8) is 0 Å². The molecule has 1 amide bonds. The number of nitrogens with zero attached hydrogens (tertiary/aromatic N) is 5. The maximum absolute atomic E-state index is 13.8. The molecule has 7 nitrogen and oxygen atoms in total. The van der Waals surface area contributed by atoms with Gasteiger partial charge >= 0.3 is 12.3 Å². The molecule has 1 atom stereocenters. The van der Waals surface area contributed by atoms with E-state index < -0.39 is 17.6 Å². The Kier molecular flexibility index (Phi) is 8.14. The molecule has 0 bridgehead atoms. The van der Waals surface area contributed by atoms with Crippen LogP contribution in [0.5, 0.6) is 0 Å². The highest BCUT2D eigenvalue weighted by Crippen LogP contribution is 2.44. The molecule has 2 saturated heterocycles. The Morgan fingerprint density at radius 3 is 2.46 bits per heavy atom. The van der Waals surface area contributed by atoms with Crippen LogP contribution >= 0.6 is 0 Å². The van der Waals surface area contributed by atoms with Crippen LogP contribution in [0.1, 0.15) is 84.4 Å². The molecule has 2 aliphatic heterocycles. The van der Waals surface area contributed by atoms with Crippen molar-refractivity contribution in [2.24, 2.45) is 11.3 Å². The molecule has 0 N–H and O–H groups in total. The number of halogens is 3. The van der Waals surface area contributed by atoms with Crippen LogP contribution in [0.15, 0.2) is 6.07 Å². The van der Waals surface area contributed by atoms with Gasteiger partial charge in [-0.05, 0) is 70.6 Å². The number of likely N-dealkylation sites (tertiary alicyclic amines) is 1. The van der Waals surface area contributed by atoms with E-state index in [-0.39, 0.29) is 23.2 Å². The number of hydrogen-bond acceptors (Lipinski definition) is 6. The van der Waals surface area contributed by atoms with Crippen LogP contribution < -0.4 is 9.80 Å². The van der Waals surface area contributed by atoms with Crippen molar-refractivity contribution in [2.75, 3.05) is 49.6 Å². The molecule has 3 heterocycles. The fourth-order valence-corrected chi connectivity index (χ4v) is 6.21. The summed E-state index contributed by atoms with van der Waals surface area (Å²) in [6.45, 7) is 8.62. The van der Waals surface area contributed by atoms with Gasteiger partial charge in [0, 0.05) is 45.8 Å². The molecule has 1 spiro atoms. The van der Waals surface area contributed by atoms with E-state index in [1.807, 2.05) is 25.7 Å². The smallest absolute Gasteiger partial charge is 0.444 e. The standard InChI is InChI=1S/C27H42F3N5O2/c1-25(2,3)37-24(36)34-14-8-10-20(18-34)17-33(4)21-16-22(32-23(31-21)27(28,29)30)35-15-9-13-26(19-35)11-6-5-7-12-26/h16,20H,5-15,17-19H2,1-4H3. The molecule has 1 aromatic heterocycles. The number of carbonyl (C=O) groups excluding carboxylic acids is 1. The Morgan fingerprint density at radius 2 is 1.78 bits per heavy atom. The Morgan fingerprint density at radius 1 is 1.08 bits per heavy atom. The molecular formula is C27H42F3N5O2. The summed E-state index contributed by atoms with van der Waals surface area (Å²) in [5, 5.41) is 0. The van der Waals surface area contributed by atoms with Gasteiger partial charge in [-0.3, -0.25) is 0 Å². The lowest BCUT2D eigenvalue weighted by Crippen LogP contribution is -2.45. The maximum atomic E-state index is 13.8. The summed E-state index contributed by atoms with van der Waals surface area (Å²) in [6.07, 6.45) is 4.79. The van der Waals surface area contributed by atoms with Crippen molar-refractivity contribution < 1.29 is 22.7 Å². The first-order valence-electron chi connectivity index (χ1n) is 13.7. The van der Waals surface area contributed by atoms with Crippen molar-refractivity contribution in [3.8, 4) is 0 Å². The maximum Gasteiger partial charge on any atom is 0.451 e. The van der Waals surface area contributed by atoms with Gasteiger partial charge in [-0.15, -0.1) is 0 Å². The van der Waals surface area contributed by atoms with E-state index in [9.17, 15) is 18.0 Å². The van der Waals surface area contributed by atoms with Crippen molar-refractivity contribution in [1.82, 2.24) is 14.9 Å². The average molecular weight is 526 g/mol. The lowest BCUT2D eigenvalue weighted by molar-refractivity contribution is -0.144. The second-order valence-electron chi connectivity index (χ2n) is 12.3. The first kappa shape index (κ1) is 27.8. The van der Waals surface area contributed by atoms with Gasteiger partial charge in [-0.1, -0.05) is 19.3 Å². The van der Waals surface area contributed by atoms with Crippen molar-refractivity contribution in [1.29, 1.82) is 0 Å². The Balaban J connectivity index is 1.50. The number of hydrogen-bond donors (Lipinski definition) is 0. The van der Waals surface area contributed by atoms with E-state index in [2.05, 4.69) is 9.97 Å². The molecule has 0 radical (unpaired) electrons. The van der Waals surface area contributed by atoms with Gasteiger partial charge < -0.3 is 19.4 Å². The highest BCUT2D eigenvalue weighted by atomic mass is 19.4. The van der Waals surface area contributed by atoms with Gasteiger partial charge in [0.05, 0.1) is 0 Å². The van der Waals surface area contributed by atoms with Crippen LogP contribution in [0, 0.1) is 11.3 Å². The predicted octanol–water partition coefficient (Wildman–Crippen LogP) is 6.13. The number of anilines is 2. The molecular weight excluding hydrogens is 483 g/mol. The van der Waals surface area contributed by atoms with E-state index in [0.29, 0.717) is 32.0 Å². The summed E-state index contributed by atoms with van der Waals surface area (Å²) in [5.41, 5.74) is -0.379. The van der Waals surface area contributed by atoms with E-state index in [1.54, 1.807) is 22.9 Å². The number of ether oxygens (including phenoxy) is 1. The first-order valence-corrected chi connectivity index (χ1v) is 13.7. The SMILES string of the molecule is CN(CC1CCCN(C(=O)OC(C)(C)C)C1)c1cc(N2CCCC3(CCCCC3)C2)nc(C(F)(F)F)n1. The van der Waals surface area contributed by atoms with Gasteiger partial charge in [-0.25, -0.2) is 14.8 Å². The highest BCUT2D eigenvalue weighted by molar-refractivity contribution is 5.68. The Labute approximate surface area is 218 Å².